The second-order valence-electron chi connectivity index (χ2n) is 7.41. The van der Waals surface area contributed by atoms with Gasteiger partial charge in [0.2, 0.25) is 0 Å². The van der Waals surface area contributed by atoms with Crippen LogP contribution in [0.3, 0.4) is 0 Å². The third-order valence-electron chi connectivity index (χ3n) is 5.93. The van der Waals surface area contributed by atoms with Crippen molar-refractivity contribution in [2.24, 2.45) is 29.6 Å². The van der Waals surface area contributed by atoms with Crippen molar-refractivity contribution < 1.29 is 0 Å². The molecule has 1 heteroatoms. The summed E-state index contributed by atoms with van der Waals surface area (Å²) >= 11 is 0. The molecule has 0 aliphatic heterocycles. The van der Waals surface area contributed by atoms with Crippen molar-refractivity contribution in [3.05, 3.63) is 0 Å². The van der Waals surface area contributed by atoms with E-state index in [-0.39, 0.29) is 0 Å². The Balaban J connectivity index is 2.66. The van der Waals surface area contributed by atoms with E-state index in [2.05, 4.69) is 40.1 Å². The van der Waals surface area contributed by atoms with Gasteiger partial charge >= 0.3 is 0 Å². The molecule has 1 N–H and O–H groups in total. The summed E-state index contributed by atoms with van der Waals surface area (Å²) in [5, 5.41) is 3.43. The van der Waals surface area contributed by atoms with E-state index in [0.717, 1.165) is 29.6 Å². The van der Waals surface area contributed by atoms with Crippen molar-refractivity contribution in [3.8, 4) is 0 Å². The van der Waals surface area contributed by atoms with Gasteiger partial charge in [-0.05, 0) is 56.0 Å². The molecule has 0 bridgehead atoms. The first-order valence-corrected chi connectivity index (χ1v) is 9.28. The van der Waals surface area contributed by atoms with Crippen LogP contribution in [0.1, 0.15) is 79.1 Å². The minimum Gasteiger partial charge on any atom is -0.319 e. The van der Waals surface area contributed by atoms with Crippen LogP contribution in [0.4, 0.5) is 0 Å². The Morgan fingerprint density at radius 2 is 1.85 bits per heavy atom. The number of unbranched alkanes of at least 4 members (excludes halogenated alkanes) is 1. The molecule has 0 aromatic rings. The quantitative estimate of drug-likeness (QED) is 0.649. The Bertz CT molecular complexity index is 238. The molecule has 0 saturated heterocycles. The summed E-state index contributed by atoms with van der Waals surface area (Å²) in [4.78, 5) is 0. The highest BCUT2D eigenvalue weighted by atomic mass is 14.8. The van der Waals surface area contributed by atoms with E-state index in [0.29, 0.717) is 0 Å². The normalized spacial score (nSPS) is 33.5. The van der Waals surface area contributed by atoms with Crippen LogP contribution in [0.2, 0.25) is 0 Å². The van der Waals surface area contributed by atoms with Gasteiger partial charge in [-0.15, -0.1) is 0 Å². The van der Waals surface area contributed by atoms with Gasteiger partial charge in [-0.25, -0.2) is 0 Å². The van der Waals surface area contributed by atoms with Crippen LogP contribution in [0.5, 0.6) is 0 Å². The van der Waals surface area contributed by atoms with Gasteiger partial charge in [0, 0.05) is 0 Å². The summed E-state index contributed by atoms with van der Waals surface area (Å²) in [6.45, 7) is 11.0. The summed E-state index contributed by atoms with van der Waals surface area (Å²) in [6.07, 6.45) is 11.5. The van der Waals surface area contributed by atoms with E-state index >= 15 is 0 Å². The van der Waals surface area contributed by atoms with Crippen LogP contribution in [0, 0.1) is 29.6 Å². The van der Waals surface area contributed by atoms with Gasteiger partial charge in [0.05, 0.1) is 0 Å². The predicted molar refractivity (Wildman–Crippen MR) is 91.0 cm³/mol. The SMILES string of the molecule is CCCCC(CC)C1CCCC(C)C(CNC)CC1C. The third kappa shape index (κ3) is 5.39. The highest BCUT2D eigenvalue weighted by molar-refractivity contribution is 4.82. The van der Waals surface area contributed by atoms with Gasteiger partial charge in [0.25, 0.3) is 0 Å². The maximum absolute atomic E-state index is 3.43. The van der Waals surface area contributed by atoms with Gasteiger partial charge in [-0.3, -0.25) is 0 Å². The van der Waals surface area contributed by atoms with Crippen molar-refractivity contribution in [1.82, 2.24) is 5.32 Å². The molecule has 5 atom stereocenters. The Labute approximate surface area is 128 Å². The summed E-state index contributed by atoms with van der Waals surface area (Å²) in [5.74, 6) is 4.67. The fourth-order valence-corrected chi connectivity index (χ4v) is 4.51. The van der Waals surface area contributed by atoms with E-state index in [1.165, 1.54) is 57.9 Å². The van der Waals surface area contributed by atoms with Gasteiger partial charge in [0.15, 0.2) is 0 Å². The minimum absolute atomic E-state index is 0.890. The van der Waals surface area contributed by atoms with Gasteiger partial charge in [-0.1, -0.05) is 66.2 Å². The molecule has 0 radical (unpaired) electrons. The number of rotatable bonds is 7. The first kappa shape index (κ1) is 18.0. The minimum atomic E-state index is 0.890. The van der Waals surface area contributed by atoms with Crippen molar-refractivity contribution in [2.75, 3.05) is 13.6 Å². The molecule has 1 saturated carbocycles. The molecule has 0 heterocycles. The second kappa shape index (κ2) is 9.82. The molecule has 20 heavy (non-hydrogen) atoms. The van der Waals surface area contributed by atoms with Crippen molar-refractivity contribution in [2.45, 2.75) is 79.1 Å². The fraction of sp³-hybridized carbons (Fsp3) is 1.00. The molecule has 1 rings (SSSR count). The zero-order chi connectivity index (χ0) is 15.0. The molecule has 0 amide bonds. The van der Waals surface area contributed by atoms with E-state index in [1.807, 2.05) is 0 Å². The lowest BCUT2D eigenvalue weighted by Crippen LogP contribution is -2.32. The molecular weight excluding hydrogens is 242 g/mol. The van der Waals surface area contributed by atoms with Crippen molar-refractivity contribution in [3.63, 3.8) is 0 Å². The Morgan fingerprint density at radius 3 is 2.45 bits per heavy atom. The van der Waals surface area contributed by atoms with Crippen LogP contribution < -0.4 is 5.32 Å². The molecule has 1 aliphatic carbocycles. The van der Waals surface area contributed by atoms with Crippen LogP contribution in [-0.2, 0) is 0 Å². The molecule has 0 aromatic carbocycles. The van der Waals surface area contributed by atoms with Crippen LogP contribution in [-0.4, -0.2) is 13.6 Å². The molecule has 1 nitrogen and oxygen atoms in total. The first-order chi connectivity index (χ1) is 9.63. The molecule has 5 unspecified atom stereocenters. The second-order valence-corrected chi connectivity index (χ2v) is 7.41. The van der Waals surface area contributed by atoms with E-state index < -0.39 is 0 Å². The summed E-state index contributed by atoms with van der Waals surface area (Å²) in [5.41, 5.74) is 0. The summed E-state index contributed by atoms with van der Waals surface area (Å²) in [6, 6.07) is 0. The highest BCUT2D eigenvalue weighted by Gasteiger charge is 2.30. The first-order valence-electron chi connectivity index (χ1n) is 9.28. The number of hydrogen-bond donors (Lipinski definition) is 1. The molecule has 0 aromatic heterocycles. The van der Waals surface area contributed by atoms with Gasteiger partial charge < -0.3 is 5.32 Å². The van der Waals surface area contributed by atoms with Gasteiger partial charge in [0.1, 0.15) is 0 Å². The average molecular weight is 282 g/mol. The lowest BCUT2D eigenvalue weighted by molar-refractivity contribution is 0.131. The van der Waals surface area contributed by atoms with Crippen LogP contribution >= 0.6 is 0 Å². The molecular formula is C19H39N. The summed E-state index contributed by atoms with van der Waals surface area (Å²) < 4.78 is 0. The standard InChI is InChI=1S/C19H39N/c1-6-8-11-17(7-2)19-12-9-10-15(3)18(14-20-5)13-16(19)4/h15-20H,6-14H2,1-5H3. The number of nitrogens with one attached hydrogen (secondary N) is 1. The largest absolute Gasteiger partial charge is 0.319 e. The third-order valence-corrected chi connectivity index (χ3v) is 5.93. The van der Waals surface area contributed by atoms with Crippen LogP contribution in [0.15, 0.2) is 0 Å². The Hall–Kier alpha value is -0.0400. The molecule has 120 valence electrons. The monoisotopic (exact) mass is 281 g/mol. The van der Waals surface area contributed by atoms with Crippen molar-refractivity contribution in [1.29, 1.82) is 0 Å². The highest BCUT2D eigenvalue weighted by Crippen LogP contribution is 2.39. The predicted octanol–water partition coefficient (Wildman–Crippen LogP) is 5.50. The number of hydrogen-bond acceptors (Lipinski definition) is 1. The molecule has 1 fully saturated rings. The topological polar surface area (TPSA) is 12.0 Å². The van der Waals surface area contributed by atoms with E-state index in [4.69, 9.17) is 0 Å². The lowest BCUT2D eigenvalue weighted by atomic mass is 9.68. The average Bonchev–Trinajstić information content (AvgIpc) is 2.43. The van der Waals surface area contributed by atoms with Gasteiger partial charge in [-0.2, -0.15) is 0 Å². The smallest absolute Gasteiger partial charge is 0.00209 e. The Kier molecular flexibility index (Phi) is 8.84. The Morgan fingerprint density at radius 1 is 1.10 bits per heavy atom. The van der Waals surface area contributed by atoms with E-state index in [1.54, 1.807) is 0 Å². The van der Waals surface area contributed by atoms with Crippen LogP contribution in [0.25, 0.3) is 0 Å². The summed E-state index contributed by atoms with van der Waals surface area (Å²) in [7, 11) is 2.11. The lowest BCUT2D eigenvalue weighted by Gasteiger charge is -2.38. The maximum Gasteiger partial charge on any atom is -0.00209 e. The molecule has 0 spiro atoms. The zero-order valence-corrected chi connectivity index (χ0v) is 14.8. The van der Waals surface area contributed by atoms with Crippen molar-refractivity contribution >= 4 is 0 Å². The van der Waals surface area contributed by atoms with E-state index in [9.17, 15) is 0 Å². The maximum atomic E-state index is 3.43. The molecule has 1 aliphatic rings. The fourth-order valence-electron chi connectivity index (χ4n) is 4.51. The zero-order valence-electron chi connectivity index (χ0n) is 14.8.